The summed E-state index contributed by atoms with van der Waals surface area (Å²) in [5.74, 6) is -1.03. The predicted molar refractivity (Wildman–Crippen MR) is 113 cm³/mol. The highest BCUT2D eigenvalue weighted by Gasteiger charge is 2.32. The van der Waals surface area contributed by atoms with Crippen LogP contribution in [0.2, 0.25) is 0 Å². The van der Waals surface area contributed by atoms with E-state index in [1.807, 2.05) is 0 Å². The van der Waals surface area contributed by atoms with Gasteiger partial charge in [0, 0.05) is 38.8 Å². The van der Waals surface area contributed by atoms with Crippen molar-refractivity contribution in [2.45, 2.75) is 17.9 Å². The van der Waals surface area contributed by atoms with Gasteiger partial charge in [-0.1, -0.05) is 12.1 Å². The van der Waals surface area contributed by atoms with Gasteiger partial charge in [0.25, 0.3) is 5.91 Å². The smallest absolute Gasteiger partial charge is 0.296 e. The van der Waals surface area contributed by atoms with Crippen LogP contribution in [0, 0.1) is 5.82 Å². The fraction of sp³-hybridized carbons (Fsp3) is 0.333. The molecule has 1 aromatic carbocycles. The summed E-state index contributed by atoms with van der Waals surface area (Å²) in [6.07, 6.45) is 3.21. The number of halogens is 1. The van der Waals surface area contributed by atoms with Gasteiger partial charge in [-0.2, -0.15) is 4.31 Å². The molecule has 3 aromatic rings. The standard InChI is InChI=1S/C21H23FN4O5S/c1-24(9-10-31-2)32(29,30)18-13-25(12-14-3-5-15(22)6-4-14)17-11-23-20-16(19(17)18)7-8-26(28)21(20)27/h3-6,11,13,28H,7-10,12H2,1-2H3. The van der Waals surface area contributed by atoms with Crippen molar-refractivity contribution in [1.82, 2.24) is 18.9 Å². The first-order valence-corrected chi connectivity index (χ1v) is 11.4. The molecule has 4 rings (SSSR count). The Hall–Kier alpha value is -2.86. The lowest BCUT2D eigenvalue weighted by molar-refractivity contribution is -0.0606. The Morgan fingerprint density at radius 2 is 2.00 bits per heavy atom. The first-order valence-electron chi connectivity index (χ1n) is 9.95. The number of carbonyl (C=O) groups is 1. The number of hydrogen-bond acceptors (Lipinski definition) is 6. The van der Waals surface area contributed by atoms with Gasteiger partial charge in [0.2, 0.25) is 10.0 Å². The summed E-state index contributed by atoms with van der Waals surface area (Å²) in [5, 5.41) is 10.8. The average Bonchev–Trinajstić information content (AvgIpc) is 3.15. The minimum atomic E-state index is -3.92. The molecule has 1 amide bonds. The second kappa shape index (κ2) is 8.58. The number of aromatic nitrogens is 2. The molecule has 0 unspecified atom stereocenters. The van der Waals surface area contributed by atoms with Gasteiger partial charge in [-0.25, -0.2) is 22.9 Å². The van der Waals surface area contributed by atoms with Gasteiger partial charge in [0.15, 0.2) is 0 Å². The summed E-state index contributed by atoms with van der Waals surface area (Å²) >= 11 is 0. The van der Waals surface area contributed by atoms with Crippen molar-refractivity contribution in [2.75, 3.05) is 33.9 Å². The zero-order valence-electron chi connectivity index (χ0n) is 17.7. The van der Waals surface area contributed by atoms with Gasteiger partial charge in [-0.15, -0.1) is 0 Å². The quantitative estimate of drug-likeness (QED) is 0.538. The maximum Gasteiger partial charge on any atom is 0.296 e. The number of amides is 1. The minimum absolute atomic E-state index is 0.0294. The molecule has 0 spiro atoms. The van der Waals surface area contributed by atoms with Crippen LogP contribution in [0.15, 0.2) is 41.6 Å². The van der Waals surface area contributed by atoms with Crippen LogP contribution in [-0.4, -0.2) is 72.3 Å². The Bertz CT molecular complexity index is 1270. The van der Waals surface area contributed by atoms with E-state index in [9.17, 15) is 22.8 Å². The number of sulfonamides is 1. The summed E-state index contributed by atoms with van der Waals surface area (Å²) in [4.78, 5) is 16.7. The van der Waals surface area contributed by atoms with Gasteiger partial charge in [-0.05, 0) is 29.7 Å². The van der Waals surface area contributed by atoms with Crippen LogP contribution in [-0.2, 0) is 27.7 Å². The molecule has 0 saturated carbocycles. The SMILES string of the molecule is COCCN(C)S(=O)(=O)c1cn(Cc2ccc(F)cc2)c2cnc3c(c12)CCN(O)C3=O. The summed E-state index contributed by atoms with van der Waals surface area (Å²) in [6.45, 7) is 0.699. The van der Waals surface area contributed by atoms with Crippen molar-refractivity contribution < 1.29 is 27.5 Å². The molecule has 9 nitrogen and oxygen atoms in total. The van der Waals surface area contributed by atoms with E-state index in [1.54, 1.807) is 16.7 Å². The third-order valence-corrected chi connectivity index (χ3v) is 7.43. The van der Waals surface area contributed by atoms with Crippen LogP contribution in [0.4, 0.5) is 4.39 Å². The Labute approximate surface area is 184 Å². The van der Waals surface area contributed by atoms with Crippen LogP contribution < -0.4 is 0 Å². The number of carbonyl (C=O) groups excluding carboxylic acids is 1. The fourth-order valence-electron chi connectivity index (χ4n) is 3.80. The largest absolute Gasteiger partial charge is 0.383 e. The second-order valence-electron chi connectivity index (χ2n) is 7.59. The van der Waals surface area contributed by atoms with Crippen LogP contribution in [0.1, 0.15) is 21.6 Å². The van der Waals surface area contributed by atoms with E-state index < -0.39 is 15.9 Å². The van der Waals surface area contributed by atoms with Crippen molar-refractivity contribution in [1.29, 1.82) is 0 Å². The number of pyridine rings is 1. The molecule has 0 fully saturated rings. The molecule has 32 heavy (non-hydrogen) atoms. The number of hydrogen-bond donors (Lipinski definition) is 1. The van der Waals surface area contributed by atoms with E-state index in [2.05, 4.69) is 4.98 Å². The second-order valence-corrected chi connectivity index (χ2v) is 9.60. The topological polar surface area (TPSA) is 105 Å². The molecule has 11 heteroatoms. The maximum atomic E-state index is 13.4. The number of rotatable bonds is 7. The van der Waals surface area contributed by atoms with Crippen molar-refractivity contribution in [3.05, 3.63) is 59.3 Å². The molecule has 2 aromatic heterocycles. The monoisotopic (exact) mass is 462 g/mol. The Morgan fingerprint density at radius 3 is 2.69 bits per heavy atom. The van der Waals surface area contributed by atoms with Gasteiger partial charge >= 0.3 is 0 Å². The number of nitrogens with zero attached hydrogens (tertiary/aromatic N) is 4. The fourth-order valence-corrected chi connectivity index (χ4v) is 5.20. The summed E-state index contributed by atoms with van der Waals surface area (Å²) in [6, 6.07) is 5.93. The van der Waals surface area contributed by atoms with E-state index in [-0.39, 0.29) is 49.1 Å². The summed E-state index contributed by atoms with van der Waals surface area (Å²) < 4.78 is 48.1. The molecule has 0 saturated heterocycles. The highest BCUT2D eigenvalue weighted by molar-refractivity contribution is 7.89. The molecule has 1 aliphatic rings. The molecule has 0 bridgehead atoms. The van der Waals surface area contributed by atoms with Crippen LogP contribution in [0.5, 0.6) is 0 Å². The lowest BCUT2D eigenvalue weighted by Crippen LogP contribution is -2.36. The molecule has 1 N–H and O–H groups in total. The number of likely N-dealkylation sites (N-methyl/N-ethyl adjacent to an activating group) is 1. The van der Waals surface area contributed by atoms with Gasteiger partial charge < -0.3 is 9.30 Å². The molecule has 3 heterocycles. The molecular weight excluding hydrogens is 439 g/mol. The molecule has 0 aliphatic carbocycles. The first-order chi connectivity index (χ1) is 15.2. The van der Waals surface area contributed by atoms with E-state index in [4.69, 9.17) is 4.74 Å². The lowest BCUT2D eigenvalue weighted by Gasteiger charge is -2.23. The molecular formula is C21H23FN4O5S. The Balaban J connectivity index is 1.91. The number of ether oxygens (including phenoxy) is 1. The van der Waals surface area contributed by atoms with Crippen molar-refractivity contribution >= 4 is 26.8 Å². The highest BCUT2D eigenvalue weighted by Crippen LogP contribution is 2.34. The molecule has 0 atom stereocenters. The first kappa shape index (κ1) is 22.3. The van der Waals surface area contributed by atoms with Gasteiger partial charge in [0.05, 0.1) is 24.9 Å². The van der Waals surface area contributed by atoms with Crippen molar-refractivity contribution in [3.63, 3.8) is 0 Å². The van der Waals surface area contributed by atoms with E-state index in [0.29, 0.717) is 21.5 Å². The number of methoxy groups -OCH3 is 1. The zero-order chi connectivity index (χ0) is 23.0. The van der Waals surface area contributed by atoms with Crippen LogP contribution >= 0.6 is 0 Å². The predicted octanol–water partition coefficient (Wildman–Crippen LogP) is 1.88. The zero-order valence-corrected chi connectivity index (χ0v) is 18.5. The third-order valence-electron chi connectivity index (χ3n) is 5.56. The average molecular weight is 463 g/mol. The summed E-state index contributed by atoms with van der Waals surface area (Å²) in [5.41, 5.74) is 1.82. The lowest BCUT2D eigenvalue weighted by atomic mass is 10.0. The maximum absolute atomic E-state index is 13.4. The van der Waals surface area contributed by atoms with E-state index in [0.717, 1.165) is 5.56 Å². The highest BCUT2D eigenvalue weighted by atomic mass is 32.2. The van der Waals surface area contributed by atoms with Gasteiger partial charge in [-0.3, -0.25) is 10.0 Å². The number of benzene rings is 1. The van der Waals surface area contributed by atoms with E-state index in [1.165, 1.54) is 43.0 Å². The van der Waals surface area contributed by atoms with Crippen LogP contribution in [0.3, 0.4) is 0 Å². The van der Waals surface area contributed by atoms with E-state index >= 15 is 0 Å². The summed E-state index contributed by atoms with van der Waals surface area (Å²) in [7, 11) is -0.970. The van der Waals surface area contributed by atoms with Gasteiger partial charge in [0.1, 0.15) is 16.4 Å². The van der Waals surface area contributed by atoms with Crippen LogP contribution in [0.25, 0.3) is 10.9 Å². The number of hydroxylamine groups is 2. The minimum Gasteiger partial charge on any atom is -0.383 e. The number of fused-ring (bicyclic) bond motifs is 3. The molecule has 0 radical (unpaired) electrons. The van der Waals surface area contributed by atoms with Crippen molar-refractivity contribution in [3.8, 4) is 0 Å². The normalized spacial score (nSPS) is 14.4. The third kappa shape index (κ3) is 3.88. The van der Waals surface area contributed by atoms with Crippen molar-refractivity contribution in [2.24, 2.45) is 0 Å². The molecule has 170 valence electrons. The molecule has 1 aliphatic heterocycles. The Morgan fingerprint density at radius 1 is 1.28 bits per heavy atom. The Kier molecular flexibility index (Phi) is 5.99.